The summed E-state index contributed by atoms with van der Waals surface area (Å²) in [5.74, 6) is 4.15. The third-order valence-corrected chi connectivity index (χ3v) is 10.0. The molecule has 12 heteroatoms. The molecule has 8 aromatic rings. The maximum absolute atomic E-state index is 11.2. The maximum Gasteiger partial charge on any atom is 0.311 e. The van der Waals surface area contributed by atoms with Crippen LogP contribution in [0.25, 0.3) is 23.3 Å². The average Bonchev–Trinajstić information content (AvgIpc) is 3.32. The van der Waals surface area contributed by atoms with Crippen molar-refractivity contribution >= 4 is 46.0 Å². The van der Waals surface area contributed by atoms with E-state index in [0.717, 1.165) is 44.9 Å². The molecule has 0 fully saturated rings. The van der Waals surface area contributed by atoms with Crippen LogP contribution in [0.2, 0.25) is 0 Å². The van der Waals surface area contributed by atoms with Crippen LogP contribution in [0.3, 0.4) is 0 Å². The molecule has 0 heterocycles. The monoisotopic (exact) mass is 876 g/mol. The van der Waals surface area contributed by atoms with Crippen molar-refractivity contribution < 1.29 is 28.8 Å². The van der Waals surface area contributed by atoms with E-state index in [2.05, 4.69) is 13.0 Å². The van der Waals surface area contributed by atoms with E-state index < -0.39 is 9.85 Å². The molecule has 0 unspecified atom stereocenters. The van der Waals surface area contributed by atoms with Crippen LogP contribution < -0.4 is 30.4 Å². The lowest BCUT2D eigenvalue weighted by atomic mass is 10.0. The van der Waals surface area contributed by atoms with E-state index in [9.17, 15) is 20.2 Å². The van der Waals surface area contributed by atoms with Gasteiger partial charge < -0.3 is 30.4 Å². The van der Waals surface area contributed by atoms with E-state index >= 15 is 0 Å². The molecular weight excluding hydrogens is 833 g/mol. The molecule has 0 amide bonds. The molecule has 8 aromatic carbocycles. The molecule has 0 radical (unpaired) electrons. The van der Waals surface area contributed by atoms with Crippen LogP contribution in [0.1, 0.15) is 36.1 Å². The quantitative estimate of drug-likeness (QED) is 0.0463. The van der Waals surface area contributed by atoms with Crippen LogP contribution in [-0.2, 0) is 0 Å². The molecule has 66 heavy (non-hydrogen) atoms. The Kier molecular flexibility index (Phi) is 14.5. The largest absolute Gasteiger partial charge is 0.455 e. The lowest BCUT2D eigenvalue weighted by molar-refractivity contribution is -0.385. The Morgan fingerprint density at radius 3 is 0.985 bits per heavy atom. The van der Waals surface area contributed by atoms with Crippen molar-refractivity contribution in [2.24, 2.45) is 0 Å². The van der Waals surface area contributed by atoms with E-state index in [4.69, 9.17) is 30.4 Å². The van der Waals surface area contributed by atoms with Gasteiger partial charge in [0.1, 0.15) is 34.5 Å². The second kappa shape index (κ2) is 21.3. The van der Waals surface area contributed by atoms with Gasteiger partial charge in [0.05, 0.1) is 21.2 Å². The van der Waals surface area contributed by atoms with Gasteiger partial charge in [0, 0.05) is 12.1 Å². The highest BCUT2D eigenvalue weighted by Gasteiger charge is 2.16. The number of nitro groups is 2. The Morgan fingerprint density at radius 1 is 0.394 bits per heavy atom. The number of anilines is 2. The van der Waals surface area contributed by atoms with Gasteiger partial charge in [-0.15, -0.1) is 0 Å². The first-order valence-corrected chi connectivity index (χ1v) is 20.6. The lowest BCUT2D eigenvalue weighted by Gasteiger charge is -2.10. The van der Waals surface area contributed by atoms with Crippen molar-refractivity contribution in [3.8, 4) is 46.0 Å². The first-order chi connectivity index (χ1) is 32.0. The van der Waals surface area contributed by atoms with E-state index in [-0.39, 0.29) is 22.9 Å². The SMILES string of the molecule is CC(=Cc1ccc(Oc2ccccc2N)cc1)c1ccc(Oc2ccccc2N)cc1.CC(=Cc1ccc(Oc2ccccc2[N+](=O)[O-])cc1)c1ccc(Oc2ccccc2[N+](=O)[O-])cc1. The second-order valence-electron chi connectivity index (χ2n) is 14.8. The van der Waals surface area contributed by atoms with Gasteiger partial charge in [0.15, 0.2) is 0 Å². The van der Waals surface area contributed by atoms with Gasteiger partial charge in [0.25, 0.3) is 0 Å². The molecule has 0 aliphatic carbocycles. The van der Waals surface area contributed by atoms with Crippen molar-refractivity contribution in [3.63, 3.8) is 0 Å². The zero-order valence-electron chi connectivity index (χ0n) is 35.9. The number of allylic oxidation sites excluding steroid dienone is 2. The molecule has 0 saturated carbocycles. The predicted molar refractivity (Wildman–Crippen MR) is 261 cm³/mol. The van der Waals surface area contributed by atoms with E-state index in [1.165, 1.54) is 12.1 Å². The van der Waals surface area contributed by atoms with Gasteiger partial charge >= 0.3 is 11.4 Å². The van der Waals surface area contributed by atoms with Gasteiger partial charge in [0.2, 0.25) is 11.5 Å². The molecule has 8 rings (SSSR count). The van der Waals surface area contributed by atoms with Crippen molar-refractivity contribution in [3.05, 3.63) is 237 Å². The number of rotatable bonds is 14. The zero-order chi connectivity index (χ0) is 46.4. The van der Waals surface area contributed by atoms with Crippen molar-refractivity contribution in [1.82, 2.24) is 0 Å². The van der Waals surface area contributed by atoms with Gasteiger partial charge in [-0.1, -0.05) is 109 Å². The summed E-state index contributed by atoms with van der Waals surface area (Å²) < 4.78 is 23.1. The molecule has 12 nitrogen and oxygen atoms in total. The van der Waals surface area contributed by atoms with Crippen LogP contribution >= 0.6 is 0 Å². The minimum Gasteiger partial charge on any atom is -0.455 e. The Labute approximate surface area is 381 Å². The molecule has 0 atom stereocenters. The number of nitrogens with zero attached hydrogens (tertiary/aromatic N) is 2. The molecule has 0 saturated heterocycles. The lowest BCUT2D eigenvalue weighted by Crippen LogP contribution is -1.93. The number of hydrogen-bond donors (Lipinski definition) is 2. The third-order valence-electron chi connectivity index (χ3n) is 10.0. The highest BCUT2D eigenvalue weighted by Crippen LogP contribution is 2.34. The number of nitrogens with two attached hydrogens (primary N) is 2. The van der Waals surface area contributed by atoms with Crippen molar-refractivity contribution in [2.75, 3.05) is 11.5 Å². The Bertz CT molecular complexity index is 3010. The fourth-order valence-corrected chi connectivity index (χ4v) is 6.55. The Balaban J connectivity index is 0.000000198. The van der Waals surface area contributed by atoms with Gasteiger partial charge in [-0.3, -0.25) is 20.2 Å². The first kappa shape index (κ1) is 44.9. The molecule has 4 N–H and O–H groups in total. The van der Waals surface area contributed by atoms with Crippen LogP contribution in [0.15, 0.2) is 194 Å². The standard InChI is InChI=1S/C27H20N2O6.C27H24N2O2/c1-19(21-12-16-23(17-13-21)35-27-9-5-3-7-25(27)29(32)33)18-20-10-14-22(15-11-20)34-26-8-4-2-6-24(26)28(30)31;1-19(21-12-16-23(17-13-21)31-27-9-5-3-7-25(27)29)18-20-10-14-22(15-11-20)30-26-8-4-2-6-24(26)28/h2-18H,1H3;2-18H,28-29H2,1H3. The number of nitrogen functional groups attached to an aromatic ring is 2. The molecule has 0 aliphatic rings. The van der Waals surface area contributed by atoms with Crippen LogP contribution in [0, 0.1) is 20.2 Å². The summed E-state index contributed by atoms with van der Waals surface area (Å²) in [4.78, 5) is 21.4. The third kappa shape index (κ3) is 12.1. The molecule has 0 aromatic heterocycles. The predicted octanol–water partition coefficient (Wildman–Crippen LogP) is 14.6. The first-order valence-electron chi connectivity index (χ1n) is 20.6. The molecule has 0 aliphatic heterocycles. The average molecular weight is 877 g/mol. The van der Waals surface area contributed by atoms with Gasteiger partial charge in [-0.2, -0.15) is 0 Å². The highest BCUT2D eigenvalue weighted by atomic mass is 16.6. The normalized spacial score (nSPS) is 11.1. The van der Waals surface area contributed by atoms with E-state index in [1.807, 2.05) is 134 Å². The summed E-state index contributed by atoms with van der Waals surface area (Å²) in [6, 6.07) is 57.7. The molecule has 328 valence electrons. The van der Waals surface area contributed by atoms with Crippen LogP contribution in [0.5, 0.6) is 46.0 Å². The Hall–Kier alpha value is -9.16. The van der Waals surface area contributed by atoms with Crippen molar-refractivity contribution in [2.45, 2.75) is 13.8 Å². The van der Waals surface area contributed by atoms with Crippen molar-refractivity contribution in [1.29, 1.82) is 0 Å². The topological polar surface area (TPSA) is 175 Å². The minimum atomic E-state index is -0.479. The number of hydrogen-bond acceptors (Lipinski definition) is 10. The minimum absolute atomic E-state index is 0.0954. The van der Waals surface area contributed by atoms with Gasteiger partial charge in [-0.25, -0.2) is 0 Å². The summed E-state index contributed by atoms with van der Waals surface area (Å²) in [6.07, 6.45) is 4.12. The second-order valence-corrected chi connectivity index (χ2v) is 14.8. The van der Waals surface area contributed by atoms with Gasteiger partial charge in [-0.05, 0) is 132 Å². The summed E-state index contributed by atoms with van der Waals surface area (Å²) >= 11 is 0. The number of ether oxygens (including phenoxy) is 4. The van der Waals surface area contributed by atoms with E-state index in [0.29, 0.717) is 34.4 Å². The summed E-state index contributed by atoms with van der Waals surface area (Å²) in [5, 5.41) is 22.3. The smallest absolute Gasteiger partial charge is 0.311 e. The molecule has 0 spiro atoms. The van der Waals surface area contributed by atoms with Crippen LogP contribution in [0.4, 0.5) is 22.7 Å². The fourth-order valence-electron chi connectivity index (χ4n) is 6.55. The van der Waals surface area contributed by atoms with Crippen LogP contribution in [-0.4, -0.2) is 9.85 Å². The zero-order valence-corrected chi connectivity index (χ0v) is 35.9. The summed E-state index contributed by atoms with van der Waals surface area (Å²) in [5.41, 5.74) is 19.2. The number of benzene rings is 8. The summed E-state index contributed by atoms with van der Waals surface area (Å²) in [6.45, 7) is 4.05. The number of para-hydroxylation sites is 8. The fraction of sp³-hybridized carbons (Fsp3) is 0.0370. The van der Waals surface area contributed by atoms with E-state index in [1.54, 1.807) is 60.7 Å². The molecular formula is C54H44N4O8. The maximum atomic E-state index is 11.2. The number of nitro benzene ring substituents is 2. The highest BCUT2D eigenvalue weighted by molar-refractivity contribution is 5.81. The molecule has 0 bridgehead atoms. The summed E-state index contributed by atoms with van der Waals surface area (Å²) in [7, 11) is 0. The Morgan fingerprint density at radius 2 is 0.667 bits per heavy atom.